The second kappa shape index (κ2) is 8.65. The number of amides is 1. The second-order valence-electron chi connectivity index (χ2n) is 6.59. The van der Waals surface area contributed by atoms with Gasteiger partial charge in [0.15, 0.2) is 0 Å². The molecular weight excluding hydrogens is 296 g/mol. The van der Waals surface area contributed by atoms with Crippen LogP contribution in [-0.4, -0.2) is 30.4 Å². The number of likely N-dealkylation sites (tertiary alicyclic amines) is 1. The summed E-state index contributed by atoms with van der Waals surface area (Å²) in [5.41, 5.74) is 2.59. The van der Waals surface area contributed by atoms with Crippen LogP contribution in [0.15, 0.2) is 60.7 Å². The first-order chi connectivity index (χ1) is 11.8. The highest BCUT2D eigenvalue weighted by Crippen LogP contribution is 2.18. The lowest BCUT2D eigenvalue weighted by atomic mass is 9.96. The van der Waals surface area contributed by atoms with Gasteiger partial charge < -0.3 is 5.32 Å². The van der Waals surface area contributed by atoms with Gasteiger partial charge in [0.05, 0.1) is 5.92 Å². The summed E-state index contributed by atoms with van der Waals surface area (Å²) in [5, 5.41) is 3.12. The molecule has 1 N–H and O–H groups in total. The Kier molecular flexibility index (Phi) is 6.02. The van der Waals surface area contributed by atoms with E-state index in [-0.39, 0.29) is 11.8 Å². The molecule has 0 saturated carbocycles. The first-order valence-corrected chi connectivity index (χ1v) is 8.89. The molecule has 1 atom stereocenters. The molecule has 2 aromatic rings. The average molecular weight is 322 g/mol. The van der Waals surface area contributed by atoms with E-state index in [2.05, 4.69) is 46.6 Å². The predicted molar refractivity (Wildman–Crippen MR) is 97.6 cm³/mol. The zero-order valence-electron chi connectivity index (χ0n) is 14.2. The van der Waals surface area contributed by atoms with E-state index in [1.54, 1.807) is 0 Å². The van der Waals surface area contributed by atoms with Crippen LogP contribution in [0.2, 0.25) is 0 Å². The van der Waals surface area contributed by atoms with Crippen molar-refractivity contribution >= 4 is 5.91 Å². The van der Waals surface area contributed by atoms with Gasteiger partial charge >= 0.3 is 0 Å². The number of hydrogen-bond donors (Lipinski definition) is 1. The quantitative estimate of drug-likeness (QED) is 0.885. The third-order valence-corrected chi connectivity index (χ3v) is 4.68. The summed E-state index contributed by atoms with van der Waals surface area (Å²) in [6, 6.07) is 20.8. The first kappa shape index (κ1) is 16.7. The molecule has 1 heterocycles. The zero-order chi connectivity index (χ0) is 16.6. The van der Waals surface area contributed by atoms with Gasteiger partial charge in [-0.25, -0.2) is 0 Å². The van der Waals surface area contributed by atoms with Gasteiger partial charge in [0.1, 0.15) is 0 Å². The summed E-state index contributed by atoms with van der Waals surface area (Å²) in [5.74, 6) is 0.335. The molecular formula is C21H26N2O. The summed E-state index contributed by atoms with van der Waals surface area (Å²) < 4.78 is 0. The molecule has 24 heavy (non-hydrogen) atoms. The lowest BCUT2D eigenvalue weighted by Gasteiger charge is -2.32. The van der Waals surface area contributed by atoms with Crippen LogP contribution < -0.4 is 5.32 Å². The van der Waals surface area contributed by atoms with Crippen molar-refractivity contribution in [3.63, 3.8) is 0 Å². The largest absolute Gasteiger partial charge is 0.355 e. The summed E-state index contributed by atoms with van der Waals surface area (Å²) in [7, 11) is 0. The van der Waals surface area contributed by atoms with Gasteiger partial charge in [-0.3, -0.25) is 9.69 Å². The fourth-order valence-electron chi connectivity index (χ4n) is 3.37. The summed E-state index contributed by atoms with van der Waals surface area (Å²) in [6.45, 7) is 3.61. The van der Waals surface area contributed by atoms with Gasteiger partial charge in [0.2, 0.25) is 5.91 Å². The van der Waals surface area contributed by atoms with Crippen LogP contribution in [0.1, 0.15) is 24.0 Å². The van der Waals surface area contributed by atoms with Gasteiger partial charge in [-0.1, -0.05) is 60.7 Å². The fraction of sp³-hybridized carbons (Fsp3) is 0.381. The molecule has 1 aliphatic rings. The normalized spacial score (nSPS) is 18.2. The number of carbonyl (C=O) groups excluding carboxylic acids is 1. The van der Waals surface area contributed by atoms with Crippen LogP contribution in [0.5, 0.6) is 0 Å². The highest BCUT2D eigenvalue weighted by atomic mass is 16.1. The molecule has 3 heteroatoms. The van der Waals surface area contributed by atoms with Gasteiger partial charge in [-0.05, 0) is 36.9 Å². The van der Waals surface area contributed by atoms with Crippen molar-refractivity contribution < 1.29 is 4.79 Å². The van der Waals surface area contributed by atoms with Gasteiger partial charge in [-0.2, -0.15) is 0 Å². The fourth-order valence-corrected chi connectivity index (χ4v) is 3.37. The predicted octanol–water partition coefficient (Wildman–Crippen LogP) is 3.26. The standard InChI is InChI=1S/C21H26N2O/c24-21(22-14-13-18-8-3-1-4-9-18)20-12-7-15-23(17-20)16-19-10-5-2-6-11-19/h1-6,8-11,20H,7,12-17H2,(H,22,24). The second-order valence-corrected chi connectivity index (χ2v) is 6.59. The van der Waals surface area contributed by atoms with Crippen molar-refractivity contribution in [2.24, 2.45) is 5.92 Å². The molecule has 1 aliphatic heterocycles. The van der Waals surface area contributed by atoms with Crippen molar-refractivity contribution in [2.45, 2.75) is 25.8 Å². The van der Waals surface area contributed by atoms with E-state index in [9.17, 15) is 4.79 Å². The van der Waals surface area contributed by atoms with E-state index in [1.807, 2.05) is 24.3 Å². The van der Waals surface area contributed by atoms with Gasteiger partial charge in [0.25, 0.3) is 0 Å². The number of nitrogens with zero attached hydrogens (tertiary/aromatic N) is 1. The Hall–Kier alpha value is -2.13. The van der Waals surface area contributed by atoms with Crippen molar-refractivity contribution in [2.75, 3.05) is 19.6 Å². The first-order valence-electron chi connectivity index (χ1n) is 8.89. The molecule has 0 aliphatic carbocycles. The molecule has 0 aromatic heterocycles. The molecule has 126 valence electrons. The minimum absolute atomic E-state index is 0.123. The third kappa shape index (κ3) is 4.93. The Morgan fingerprint density at radius 3 is 2.38 bits per heavy atom. The molecule has 0 spiro atoms. The molecule has 3 nitrogen and oxygen atoms in total. The molecule has 1 saturated heterocycles. The Morgan fingerprint density at radius 2 is 1.67 bits per heavy atom. The summed E-state index contributed by atoms with van der Waals surface area (Å²) in [4.78, 5) is 14.9. The monoisotopic (exact) mass is 322 g/mol. The van der Waals surface area contributed by atoms with Gasteiger partial charge in [-0.15, -0.1) is 0 Å². The van der Waals surface area contributed by atoms with Crippen LogP contribution in [-0.2, 0) is 17.8 Å². The maximum absolute atomic E-state index is 12.4. The molecule has 0 bridgehead atoms. The van der Waals surface area contributed by atoms with Crippen molar-refractivity contribution in [1.29, 1.82) is 0 Å². The molecule has 3 rings (SSSR count). The molecule has 1 unspecified atom stereocenters. The topological polar surface area (TPSA) is 32.3 Å². The maximum atomic E-state index is 12.4. The molecule has 2 aromatic carbocycles. The molecule has 1 fully saturated rings. The number of carbonyl (C=O) groups is 1. The SMILES string of the molecule is O=C(NCCc1ccccc1)C1CCCN(Cc2ccccc2)C1. The van der Waals surface area contributed by atoms with Crippen LogP contribution in [0, 0.1) is 5.92 Å². The van der Waals surface area contributed by atoms with Crippen molar-refractivity contribution in [3.05, 3.63) is 71.8 Å². The summed E-state index contributed by atoms with van der Waals surface area (Å²) in [6.07, 6.45) is 3.00. The number of rotatable bonds is 6. The number of piperidine rings is 1. The van der Waals surface area contributed by atoms with E-state index in [0.717, 1.165) is 45.4 Å². The van der Waals surface area contributed by atoms with Crippen LogP contribution in [0.4, 0.5) is 0 Å². The highest BCUT2D eigenvalue weighted by molar-refractivity contribution is 5.78. The Bertz CT molecular complexity index is 627. The van der Waals surface area contributed by atoms with Gasteiger partial charge in [0, 0.05) is 19.6 Å². The van der Waals surface area contributed by atoms with E-state index >= 15 is 0 Å². The number of hydrogen-bond acceptors (Lipinski definition) is 2. The highest BCUT2D eigenvalue weighted by Gasteiger charge is 2.25. The van der Waals surface area contributed by atoms with E-state index < -0.39 is 0 Å². The van der Waals surface area contributed by atoms with E-state index in [4.69, 9.17) is 0 Å². The molecule has 1 amide bonds. The smallest absolute Gasteiger partial charge is 0.224 e. The van der Waals surface area contributed by atoms with Crippen molar-refractivity contribution in [3.8, 4) is 0 Å². The number of nitrogens with one attached hydrogen (secondary N) is 1. The Balaban J connectivity index is 1.44. The Morgan fingerprint density at radius 1 is 1.00 bits per heavy atom. The van der Waals surface area contributed by atoms with Crippen LogP contribution >= 0.6 is 0 Å². The maximum Gasteiger partial charge on any atom is 0.224 e. The Labute approximate surface area is 144 Å². The van der Waals surface area contributed by atoms with E-state index in [0.29, 0.717) is 0 Å². The minimum atomic E-state index is 0.123. The zero-order valence-corrected chi connectivity index (χ0v) is 14.2. The minimum Gasteiger partial charge on any atom is -0.355 e. The number of benzene rings is 2. The van der Waals surface area contributed by atoms with Crippen LogP contribution in [0.3, 0.4) is 0 Å². The van der Waals surface area contributed by atoms with Crippen LogP contribution in [0.25, 0.3) is 0 Å². The average Bonchev–Trinajstić information content (AvgIpc) is 2.64. The molecule has 0 radical (unpaired) electrons. The lowest BCUT2D eigenvalue weighted by molar-refractivity contribution is -0.126. The van der Waals surface area contributed by atoms with E-state index in [1.165, 1.54) is 11.1 Å². The third-order valence-electron chi connectivity index (χ3n) is 4.68. The lowest BCUT2D eigenvalue weighted by Crippen LogP contribution is -2.43. The summed E-state index contributed by atoms with van der Waals surface area (Å²) >= 11 is 0. The van der Waals surface area contributed by atoms with Crippen molar-refractivity contribution in [1.82, 2.24) is 10.2 Å².